The highest BCUT2D eigenvalue weighted by Gasteiger charge is 2.10. The van der Waals surface area contributed by atoms with E-state index < -0.39 is 5.63 Å². The summed E-state index contributed by atoms with van der Waals surface area (Å²) in [4.78, 5) is 16.4. The van der Waals surface area contributed by atoms with Crippen LogP contribution in [0.25, 0.3) is 22.7 Å². The zero-order valence-corrected chi connectivity index (χ0v) is 13.1. The molecule has 0 spiro atoms. The quantitative estimate of drug-likeness (QED) is 0.729. The van der Waals surface area contributed by atoms with Gasteiger partial charge in [0.15, 0.2) is 0 Å². The first-order chi connectivity index (χ1) is 11.2. The molecular weight excluding hydrogens is 290 g/mol. The zero-order chi connectivity index (χ0) is 16.2. The Hall–Kier alpha value is -2.88. The van der Waals surface area contributed by atoms with Gasteiger partial charge in [0.2, 0.25) is 5.89 Å². The Bertz CT molecular complexity index is 866. The van der Waals surface area contributed by atoms with Gasteiger partial charge in [0.25, 0.3) is 0 Å². The van der Waals surface area contributed by atoms with E-state index in [0.29, 0.717) is 18.2 Å². The number of rotatable bonds is 4. The average molecular weight is 307 g/mol. The molecule has 0 N–H and O–H groups in total. The number of ether oxygens (including phenoxy) is 1. The molecule has 116 valence electrons. The minimum atomic E-state index is -0.415. The fourth-order valence-corrected chi connectivity index (χ4v) is 2.37. The SMILES string of the molecule is CCOc1ccc(-c2cc(=O)oc(-c3ccccc3C)n2)cc1. The highest BCUT2D eigenvalue weighted by atomic mass is 16.5. The molecule has 2 aromatic carbocycles. The first-order valence-electron chi connectivity index (χ1n) is 7.49. The second-order valence-electron chi connectivity index (χ2n) is 5.14. The van der Waals surface area contributed by atoms with Crippen LogP contribution in [0.15, 0.2) is 63.8 Å². The van der Waals surface area contributed by atoms with Gasteiger partial charge in [-0.15, -0.1) is 0 Å². The van der Waals surface area contributed by atoms with E-state index in [2.05, 4.69) is 4.98 Å². The van der Waals surface area contributed by atoms with Crippen LogP contribution in [0.5, 0.6) is 5.75 Å². The number of nitrogens with zero attached hydrogens (tertiary/aromatic N) is 1. The van der Waals surface area contributed by atoms with Gasteiger partial charge in [0, 0.05) is 11.1 Å². The molecule has 0 fully saturated rings. The van der Waals surface area contributed by atoms with Crippen molar-refractivity contribution in [3.8, 4) is 28.5 Å². The predicted molar refractivity (Wildman–Crippen MR) is 89.6 cm³/mol. The predicted octanol–water partition coefficient (Wildman–Crippen LogP) is 4.08. The molecule has 0 amide bonds. The third-order valence-corrected chi connectivity index (χ3v) is 3.51. The van der Waals surface area contributed by atoms with Gasteiger partial charge in [-0.1, -0.05) is 18.2 Å². The van der Waals surface area contributed by atoms with E-state index in [1.54, 1.807) is 0 Å². The maximum absolute atomic E-state index is 11.9. The van der Waals surface area contributed by atoms with Crippen LogP contribution in [0, 0.1) is 6.92 Å². The second-order valence-corrected chi connectivity index (χ2v) is 5.14. The summed E-state index contributed by atoms with van der Waals surface area (Å²) < 4.78 is 10.7. The zero-order valence-electron chi connectivity index (χ0n) is 13.1. The summed E-state index contributed by atoms with van der Waals surface area (Å²) in [6.07, 6.45) is 0. The van der Waals surface area contributed by atoms with Gasteiger partial charge in [-0.05, 0) is 49.7 Å². The fraction of sp³-hybridized carbons (Fsp3) is 0.158. The standard InChI is InChI=1S/C19H17NO3/c1-3-22-15-10-8-14(9-11-15)17-12-18(21)23-19(20-17)16-7-5-4-6-13(16)2/h4-12H,3H2,1-2H3. The Morgan fingerprint density at radius 2 is 1.83 bits per heavy atom. The summed E-state index contributed by atoms with van der Waals surface area (Å²) in [5.74, 6) is 1.12. The van der Waals surface area contributed by atoms with E-state index in [1.165, 1.54) is 6.07 Å². The van der Waals surface area contributed by atoms with Crippen molar-refractivity contribution in [3.05, 3.63) is 70.6 Å². The number of aryl methyl sites for hydroxylation is 1. The summed E-state index contributed by atoms with van der Waals surface area (Å²) in [5.41, 5.74) is 2.84. The molecular formula is C19H17NO3. The van der Waals surface area contributed by atoms with Crippen molar-refractivity contribution in [2.45, 2.75) is 13.8 Å². The summed E-state index contributed by atoms with van der Waals surface area (Å²) in [5, 5.41) is 0. The van der Waals surface area contributed by atoms with Crippen LogP contribution in [-0.2, 0) is 0 Å². The third kappa shape index (κ3) is 3.31. The third-order valence-electron chi connectivity index (χ3n) is 3.51. The maximum atomic E-state index is 11.9. The van der Waals surface area contributed by atoms with Crippen molar-refractivity contribution < 1.29 is 9.15 Å². The Balaban J connectivity index is 2.04. The van der Waals surface area contributed by atoms with E-state index in [-0.39, 0.29) is 0 Å². The molecule has 0 saturated carbocycles. The molecule has 3 aromatic rings. The molecule has 0 atom stereocenters. The van der Waals surface area contributed by atoms with Crippen molar-refractivity contribution in [2.75, 3.05) is 6.61 Å². The molecule has 3 rings (SSSR count). The van der Waals surface area contributed by atoms with Gasteiger partial charge in [-0.3, -0.25) is 0 Å². The summed E-state index contributed by atoms with van der Waals surface area (Å²) in [7, 11) is 0. The largest absolute Gasteiger partial charge is 0.494 e. The molecule has 0 radical (unpaired) electrons. The van der Waals surface area contributed by atoms with Gasteiger partial charge in [-0.25, -0.2) is 9.78 Å². The Labute approximate surface area is 134 Å². The number of hydrogen-bond donors (Lipinski definition) is 0. The smallest absolute Gasteiger partial charge is 0.339 e. The Kier molecular flexibility index (Phi) is 4.24. The van der Waals surface area contributed by atoms with Gasteiger partial charge in [0.05, 0.1) is 18.4 Å². The molecule has 0 saturated heterocycles. The average Bonchev–Trinajstić information content (AvgIpc) is 2.56. The van der Waals surface area contributed by atoms with Crippen molar-refractivity contribution in [1.29, 1.82) is 0 Å². The Morgan fingerprint density at radius 1 is 1.09 bits per heavy atom. The lowest BCUT2D eigenvalue weighted by Gasteiger charge is -2.07. The van der Waals surface area contributed by atoms with Crippen LogP contribution < -0.4 is 10.4 Å². The lowest BCUT2D eigenvalue weighted by molar-refractivity contribution is 0.340. The molecule has 0 unspecified atom stereocenters. The highest BCUT2D eigenvalue weighted by Crippen LogP contribution is 2.24. The minimum absolute atomic E-state index is 0.333. The van der Waals surface area contributed by atoms with Gasteiger partial charge < -0.3 is 9.15 Å². The molecule has 0 aliphatic carbocycles. The van der Waals surface area contributed by atoms with E-state index in [0.717, 1.165) is 22.4 Å². The first kappa shape index (κ1) is 15.0. The van der Waals surface area contributed by atoms with Gasteiger partial charge in [-0.2, -0.15) is 0 Å². The molecule has 0 aliphatic heterocycles. The number of benzene rings is 2. The van der Waals surface area contributed by atoms with Crippen molar-refractivity contribution in [3.63, 3.8) is 0 Å². The van der Waals surface area contributed by atoms with Crippen molar-refractivity contribution in [1.82, 2.24) is 4.98 Å². The summed E-state index contributed by atoms with van der Waals surface area (Å²) >= 11 is 0. The minimum Gasteiger partial charge on any atom is -0.494 e. The summed E-state index contributed by atoms with van der Waals surface area (Å²) in [6.45, 7) is 4.51. The molecule has 1 heterocycles. The normalized spacial score (nSPS) is 10.5. The lowest BCUT2D eigenvalue weighted by atomic mass is 10.1. The van der Waals surface area contributed by atoms with Crippen LogP contribution in [-0.4, -0.2) is 11.6 Å². The monoisotopic (exact) mass is 307 g/mol. The Morgan fingerprint density at radius 3 is 2.52 bits per heavy atom. The molecule has 0 bridgehead atoms. The van der Waals surface area contributed by atoms with Crippen LogP contribution in [0.4, 0.5) is 0 Å². The molecule has 23 heavy (non-hydrogen) atoms. The van der Waals surface area contributed by atoms with E-state index >= 15 is 0 Å². The lowest BCUT2D eigenvalue weighted by Crippen LogP contribution is -2.02. The number of hydrogen-bond acceptors (Lipinski definition) is 4. The topological polar surface area (TPSA) is 52.3 Å². The summed E-state index contributed by atoms with van der Waals surface area (Å²) in [6, 6.07) is 16.6. The number of aromatic nitrogens is 1. The molecule has 4 nitrogen and oxygen atoms in total. The van der Waals surface area contributed by atoms with Gasteiger partial charge in [0.1, 0.15) is 5.75 Å². The molecule has 1 aromatic heterocycles. The van der Waals surface area contributed by atoms with Crippen LogP contribution in [0.3, 0.4) is 0 Å². The maximum Gasteiger partial charge on any atom is 0.339 e. The van der Waals surface area contributed by atoms with Crippen LogP contribution in [0.1, 0.15) is 12.5 Å². The first-order valence-corrected chi connectivity index (χ1v) is 7.49. The van der Waals surface area contributed by atoms with E-state index in [1.807, 2.05) is 62.4 Å². The molecule has 4 heteroatoms. The van der Waals surface area contributed by atoms with Crippen LogP contribution in [0.2, 0.25) is 0 Å². The van der Waals surface area contributed by atoms with Crippen molar-refractivity contribution in [2.24, 2.45) is 0 Å². The van der Waals surface area contributed by atoms with E-state index in [9.17, 15) is 4.79 Å². The fourth-order valence-electron chi connectivity index (χ4n) is 2.37. The van der Waals surface area contributed by atoms with Crippen molar-refractivity contribution >= 4 is 0 Å². The second kappa shape index (κ2) is 6.48. The van der Waals surface area contributed by atoms with Gasteiger partial charge >= 0.3 is 5.63 Å². The highest BCUT2D eigenvalue weighted by molar-refractivity contribution is 5.64. The molecule has 0 aliphatic rings. The van der Waals surface area contributed by atoms with E-state index in [4.69, 9.17) is 9.15 Å². The van der Waals surface area contributed by atoms with Crippen LogP contribution >= 0.6 is 0 Å².